The van der Waals surface area contributed by atoms with Crippen molar-refractivity contribution < 1.29 is 4.74 Å². The SMILES string of the molecule is NC1CC(Oc2ccc(Cl)cc2Cl)C12CCCCCC2. The van der Waals surface area contributed by atoms with Crippen molar-refractivity contribution in [2.75, 3.05) is 0 Å². The van der Waals surface area contributed by atoms with Crippen LogP contribution in [0.1, 0.15) is 44.9 Å². The molecule has 0 saturated heterocycles. The molecular weight excluding hydrogens is 293 g/mol. The van der Waals surface area contributed by atoms with Gasteiger partial charge in [0.05, 0.1) is 5.02 Å². The van der Waals surface area contributed by atoms with Crippen molar-refractivity contribution in [1.82, 2.24) is 0 Å². The Kier molecular flexibility index (Phi) is 4.16. The first-order chi connectivity index (χ1) is 9.62. The fourth-order valence-electron chi connectivity index (χ4n) is 3.75. The summed E-state index contributed by atoms with van der Waals surface area (Å²) in [6, 6.07) is 5.69. The molecule has 2 atom stereocenters. The average Bonchev–Trinajstić information content (AvgIpc) is 2.69. The van der Waals surface area contributed by atoms with E-state index in [2.05, 4.69) is 0 Å². The van der Waals surface area contributed by atoms with E-state index in [4.69, 9.17) is 33.7 Å². The molecule has 0 radical (unpaired) electrons. The van der Waals surface area contributed by atoms with Crippen LogP contribution in [0.4, 0.5) is 0 Å². The van der Waals surface area contributed by atoms with Gasteiger partial charge in [-0.15, -0.1) is 0 Å². The third-order valence-electron chi connectivity index (χ3n) is 5.05. The monoisotopic (exact) mass is 313 g/mol. The van der Waals surface area contributed by atoms with E-state index in [1.165, 1.54) is 38.5 Å². The predicted molar refractivity (Wildman–Crippen MR) is 83.6 cm³/mol. The average molecular weight is 314 g/mol. The maximum Gasteiger partial charge on any atom is 0.138 e. The normalized spacial score (nSPS) is 28.8. The van der Waals surface area contributed by atoms with E-state index in [0.29, 0.717) is 10.0 Å². The van der Waals surface area contributed by atoms with E-state index in [9.17, 15) is 0 Å². The topological polar surface area (TPSA) is 35.2 Å². The van der Waals surface area contributed by atoms with Gasteiger partial charge in [0.2, 0.25) is 0 Å². The van der Waals surface area contributed by atoms with Crippen LogP contribution in [-0.4, -0.2) is 12.1 Å². The van der Waals surface area contributed by atoms with Gasteiger partial charge in [0.1, 0.15) is 11.9 Å². The summed E-state index contributed by atoms with van der Waals surface area (Å²) in [5.74, 6) is 0.733. The van der Waals surface area contributed by atoms with Crippen LogP contribution >= 0.6 is 23.2 Å². The summed E-state index contributed by atoms with van der Waals surface area (Å²) in [6.07, 6.45) is 8.68. The Morgan fingerprint density at radius 2 is 1.80 bits per heavy atom. The summed E-state index contributed by atoms with van der Waals surface area (Å²) in [6.45, 7) is 0. The zero-order valence-corrected chi connectivity index (χ0v) is 13.1. The van der Waals surface area contributed by atoms with Gasteiger partial charge in [-0.3, -0.25) is 0 Å². The van der Waals surface area contributed by atoms with Gasteiger partial charge in [-0.2, -0.15) is 0 Å². The zero-order chi connectivity index (χ0) is 14.2. The molecule has 2 fully saturated rings. The molecule has 0 bridgehead atoms. The van der Waals surface area contributed by atoms with Crippen molar-refractivity contribution in [3.05, 3.63) is 28.2 Å². The van der Waals surface area contributed by atoms with Crippen LogP contribution in [0.15, 0.2) is 18.2 Å². The molecule has 4 heteroatoms. The number of rotatable bonds is 2. The van der Waals surface area contributed by atoms with Gasteiger partial charge in [0.25, 0.3) is 0 Å². The van der Waals surface area contributed by atoms with Crippen LogP contribution < -0.4 is 10.5 Å². The van der Waals surface area contributed by atoms with Crippen molar-refractivity contribution in [3.8, 4) is 5.75 Å². The fraction of sp³-hybridized carbons (Fsp3) is 0.625. The lowest BCUT2D eigenvalue weighted by atomic mass is 9.58. The van der Waals surface area contributed by atoms with Crippen molar-refractivity contribution in [2.24, 2.45) is 11.1 Å². The van der Waals surface area contributed by atoms with Crippen molar-refractivity contribution >= 4 is 23.2 Å². The Morgan fingerprint density at radius 3 is 2.40 bits per heavy atom. The molecule has 2 nitrogen and oxygen atoms in total. The molecule has 2 aliphatic carbocycles. The van der Waals surface area contributed by atoms with E-state index in [-0.39, 0.29) is 17.6 Å². The molecule has 2 N–H and O–H groups in total. The minimum atomic E-state index is 0.166. The summed E-state index contributed by atoms with van der Waals surface area (Å²) >= 11 is 12.1. The van der Waals surface area contributed by atoms with Crippen LogP contribution in [-0.2, 0) is 0 Å². The number of hydrogen-bond donors (Lipinski definition) is 1. The molecule has 2 saturated carbocycles. The standard InChI is InChI=1S/C16H21Cl2NO/c17-11-5-6-13(12(18)9-11)20-15-10-14(19)16(15)7-3-1-2-4-8-16/h5-6,9,14-15H,1-4,7-8,10,19H2. The van der Waals surface area contributed by atoms with Gasteiger partial charge in [0, 0.05) is 22.9 Å². The molecule has 3 rings (SSSR count). The Bertz CT molecular complexity index is 483. The minimum Gasteiger partial charge on any atom is -0.488 e. The van der Waals surface area contributed by atoms with Crippen LogP contribution in [0, 0.1) is 5.41 Å². The first kappa shape index (κ1) is 14.5. The largest absolute Gasteiger partial charge is 0.488 e. The number of benzene rings is 1. The molecule has 20 heavy (non-hydrogen) atoms. The quantitative estimate of drug-likeness (QED) is 0.850. The second-order valence-corrected chi connectivity index (χ2v) is 7.01. The lowest BCUT2D eigenvalue weighted by Gasteiger charge is -2.54. The lowest BCUT2D eigenvalue weighted by Crippen LogP contribution is -2.63. The molecular formula is C16H21Cl2NO. The molecule has 0 heterocycles. The second-order valence-electron chi connectivity index (χ2n) is 6.17. The summed E-state index contributed by atoms with van der Waals surface area (Å²) in [7, 11) is 0. The van der Waals surface area contributed by atoms with E-state index < -0.39 is 0 Å². The Morgan fingerprint density at radius 1 is 1.10 bits per heavy atom. The van der Waals surface area contributed by atoms with Crippen LogP contribution in [0.5, 0.6) is 5.75 Å². The Labute approximate surface area is 130 Å². The first-order valence-corrected chi connectivity index (χ1v) is 8.25. The van der Waals surface area contributed by atoms with Crippen LogP contribution in [0.2, 0.25) is 10.0 Å². The number of hydrogen-bond acceptors (Lipinski definition) is 2. The molecule has 1 spiro atoms. The van der Waals surface area contributed by atoms with Gasteiger partial charge in [-0.05, 0) is 31.0 Å². The number of ether oxygens (including phenoxy) is 1. The van der Waals surface area contributed by atoms with Gasteiger partial charge in [-0.25, -0.2) is 0 Å². The van der Waals surface area contributed by atoms with Crippen LogP contribution in [0.3, 0.4) is 0 Å². The summed E-state index contributed by atoms with van der Waals surface area (Å²) in [4.78, 5) is 0. The maximum absolute atomic E-state index is 6.33. The van der Waals surface area contributed by atoms with Gasteiger partial charge < -0.3 is 10.5 Å². The van der Waals surface area contributed by atoms with Crippen molar-refractivity contribution in [1.29, 1.82) is 0 Å². The molecule has 110 valence electrons. The summed E-state index contributed by atoms with van der Waals surface area (Å²) in [5, 5.41) is 1.22. The lowest BCUT2D eigenvalue weighted by molar-refractivity contribution is -0.0769. The van der Waals surface area contributed by atoms with E-state index in [1.807, 2.05) is 12.1 Å². The highest BCUT2D eigenvalue weighted by Crippen LogP contribution is 2.52. The van der Waals surface area contributed by atoms with Crippen molar-refractivity contribution in [3.63, 3.8) is 0 Å². The van der Waals surface area contributed by atoms with Gasteiger partial charge in [0.15, 0.2) is 0 Å². The molecule has 0 aromatic heterocycles. The molecule has 2 unspecified atom stereocenters. The molecule has 1 aromatic carbocycles. The summed E-state index contributed by atoms with van der Waals surface area (Å²) < 4.78 is 6.18. The fourth-order valence-corrected chi connectivity index (χ4v) is 4.20. The summed E-state index contributed by atoms with van der Waals surface area (Å²) in [5.41, 5.74) is 6.50. The smallest absolute Gasteiger partial charge is 0.138 e. The van der Waals surface area contributed by atoms with E-state index in [0.717, 1.165) is 12.2 Å². The maximum atomic E-state index is 6.33. The highest BCUT2D eigenvalue weighted by Gasteiger charge is 2.54. The van der Waals surface area contributed by atoms with E-state index >= 15 is 0 Å². The number of nitrogens with two attached hydrogens (primary N) is 1. The third-order valence-corrected chi connectivity index (χ3v) is 5.58. The Balaban J connectivity index is 1.76. The van der Waals surface area contributed by atoms with Crippen molar-refractivity contribution in [2.45, 2.75) is 57.1 Å². The first-order valence-electron chi connectivity index (χ1n) is 7.49. The Hall–Kier alpha value is -0.440. The van der Waals surface area contributed by atoms with Crippen LogP contribution in [0.25, 0.3) is 0 Å². The molecule has 1 aromatic rings. The highest BCUT2D eigenvalue weighted by molar-refractivity contribution is 6.35. The van der Waals surface area contributed by atoms with Gasteiger partial charge >= 0.3 is 0 Å². The molecule has 0 amide bonds. The predicted octanol–water partition coefficient (Wildman–Crippen LogP) is 4.81. The highest BCUT2D eigenvalue weighted by atomic mass is 35.5. The van der Waals surface area contributed by atoms with Gasteiger partial charge in [-0.1, -0.05) is 48.9 Å². The van der Waals surface area contributed by atoms with E-state index in [1.54, 1.807) is 6.07 Å². The third kappa shape index (κ3) is 2.54. The zero-order valence-electron chi connectivity index (χ0n) is 11.6. The second kappa shape index (κ2) is 5.75. The minimum absolute atomic E-state index is 0.166. The molecule has 2 aliphatic rings. The number of halogens is 2. The molecule has 0 aliphatic heterocycles.